The lowest BCUT2D eigenvalue weighted by atomic mass is 10.2. The third-order valence-corrected chi connectivity index (χ3v) is 4.08. The normalized spacial score (nSPS) is 10.8. The van der Waals surface area contributed by atoms with Gasteiger partial charge in [0.2, 0.25) is 0 Å². The van der Waals surface area contributed by atoms with Gasteiger partial charge in [0.1, 0.15) is 5.58 Å². The number of carbonyl (C=O) groups excluding carboxylic acids is 2. The number of esters is 1. The zero-order valence-corrected chi connectivity index (χ0v) is 16.5. The van der Waals surface area contributed by atoms with Crippen molar-refractivity contribution in [2.75, 3.05) is 20.8 Å². The molecule has 3 aromatic rings. The number of nitrogens with one attached hydrogen (secondary N) is 1. The molecule has 31 heavy (non-hydrogen) atoms. The van der Waals surface area contributed by atoms with Crippen LogP contribution in [0.1, 0.15) is 16.1 Å². The number of nitro benzene ring substituents is 1. The number of furan rings is 1. The first-order valence-corrected chi connectivity index (χ1v) is 8.80. The molecule has 2 aromatic carbocycles. The van der Waals surface area contributed by atoms with Crippen LogP contribution in [0.25, 0.3) is 11.0 Å². The molecule has 3 rings (SSSR count). The van der Waals surface area contributed by atoms with Crippen LogP contribution in [-0.2, 0) is 9.53 Å². The molecule has 11 heteroatoms. The minimum absolute atomic E-state index is 0.0446. The maximum Gasteiger partial charge on any atom is 0.343 e. The number of hydrazone groups is 1. The van der Waals surface area contributed by atoms with Gasteiger partial charge in [0.15, 0.2) is 23.9 Å². The molecule has 0 spiro atoms. The molecule has 0 atom stereocenters. The van der Waals surface area contributed by atoms with E-state index in [2.05, 4.69) is 15.3 Å². The average Bonchev–Trinajstić information content (AvgIpc) is 3.21. The van der Waals surface area contributed by atoms with Crippen molar-refractivity contribution in [1.29, 1.82) is 0 Å². The van der Waals surface area contributed by atoms with Gasteiger partial charge in [0.05, 0.1) is 25.4 Å². The second kappa shape index (κ2) is 9.39. The fourth-order valence-corrected chi connectivity index (χ4v) is 2.56. The van der Waals surface area contributed by atoms with Crippen molar-refractivity contribution in [3.05, 3.63) is 63.9 Å². The maximum absolute atomic E-state index is 12.2. The summed E-state index contributed by atoms with van der Waals surface area (Å²) in [6.45, 7) is -0.267. The van der Waals surface area contributed by atoms with Crippen LogP contribution < -0.4 is 14.9 Å². The summed E-state index contributed by atoms with van der Waals surface area (Å²) in [5, 5.41) is 15.1. The first-order chi connectivity index (χ1) is 14.9. The van der Waals surface area contributed by atoms with E-state index in [0.717, 1.165) is 0 Å². The first kappa shape index (κ1) is 21.3. The van der Waals surface area contributed by atoms with E-state index in [1.54, 1.807) is 18.2 Å². The van der Waals surface area contributed by atoms with E-state index < -0.39 is 16.8 Å². The van der Waals surface area contributed by atoms with Crippen molar-refractivity contribution in [3.8, 4) is 11.5 Å². The highest BCUT2D eigenvalue weighted by molar-refractivity contribution is 5.97. The molecule has 160 valence electrons. The molecule has 0 bridgehead atoms. The summed E-state index contributed by atoms with van der Waals surface area (Å²) < 4.78 is 20.4. The SMILES string of the molecule is COC(=O)COc1ccc(/C=N\NC(=O)c2cc3cc([N+](=O)[O-])ccc3o2)cc1OC. The Kier molecular flexibility index (Phi) is 6.45. The third kappa shape index (κ3) is 5.15. The number of non-ortho nitro benzene ring substituents is 1. The molecule has 0 saturated carbocycles. The third-order valence-electron chi connectivity index (χ3n) is 4.08. The van der Waals surface area contributed by atoms with Crippen LogP contribution in [0.3, 0.4) is 0 Å². The molecule has 11 nitrogen and oxygen atoms in total. The topological polar surface area (TPSA) is 143 Å². The first-order valence-electron chi connectivity index (χ1n) is 8.80. The molecule has 1 N–H and O–H groups in total. The number of benzene rings is 2. The Labute approximate surface area is 175 Å². The molecule has 1 aromatic heterocycles. The van der Waals surface area contributed by atoms with E-state index in [0.29, 0.717) is 28.0 Å². The number of nitrogens with zero attached hydrogens (tertiary/aromatic N) is 2. The van der Waals surface area contributed by atoms with Gasteiger partial charge >= 0.3 is 11.9 Å². The Morgan fingerprint density at radius 2 is 1.97 bits per heavy atom. The van der Waals surface area contributed by atoms with Crippen molar-refractivity contribution in [3.63, 3.8) is 0 Å². The lowest BCUT2D eigenvalue weighted by Crippen LogP contribution is -2.16. The number of ether oxygens (including phenoxy) is 3. The van der Waals surface area contributed by atoms with E-state index in [4.69, 9.17) is 13.9 Å². The number of amides is 1. The Bertz CT molecular complexity index is 1170. The predicted octanol–water partition coefficient (Wildman–Crippen LogP) is 2.67. The Morgan fingerprint density at radius 1 is 1.16 bits per heavy atom. The lowest BCUT2D eigenvalue weighted by Gasteiger charge is -2.10. The number of nitro groups is 1. The van der Waals surface area contributed by atoms with Crippen molar-refractivity contribution < 1.29 is 33.1 Å². The van der Waals surface area contributed by atoms with Gasteiger partial charge in [-0.25, -0.2) is 10.2 Å². The van der Waals surface area contributed by atoms with E-state index in [1.807, 2.05) is 0 Å². The highest BCUT2D eigenvalue weighted by Gasteiger charge is 2.14. The maximum atomic E-state index is 12.2. The van der Waals surface area contributed by atoms with Gasteiger partial charge in [-0.3, -0.25) is 14.9 Å². The predicted molar refractivity (Wildman–Crippen MR) is 108 cm³/mol. The van der Waals surface area contributed by atoms with E-state index in [-0.39, 0.29) is 18.1 Å². The Hall–Kier alpha value is -4.41. The molecule has 1 heterocycles. The van der Waals surface area contributed by atoms with Gasteiger partial charge in [0, 0.05) is 17.5 Å². The van der Waals surface area contributed by atoms with Gasteiger partial charge in [-0.1, -0.05) is 0 Å². The quantitative estimate of drug-likeness (QED) is 0.250. The standard InChI is InChI=1S/C20H17N3O8/c1-28-17-7-12(3-5-16(17)30-11-19(24)29-2)10-21-22-20(25)18-9-13-8-14(23(26)27)4-6-15(13)31-18/h3-10H,11H2,1-2H3,(H,22,25)/b21-10-. The summed E-state index contributed by atoms with van der Waals surface area (Å²) in [4.78, 5) is 33.7. The molecule has 0 saturated heterocycles. The van der Waals surface area contributed by atoms with Crippen LogP contribution in [0.2, 0.25) is 0 Å². The summed E-state index contributed by atoms with van der Waals surface area (Å²) in [5.41, 5.74) is 3.14. The number of hydrogen-bond donors (Lipinski definition) is 1. The van der Waals surface area contributed by atoms with E-state index >= 15 is 0 Å². The van der Waals surface area contributed by atoms with Gasteiger partial charge < -0.3 is 18.6 Å². The van der Waals surface area contributed by atoms with Crippen molar-refractivity contribution in [2.24, 2.45) is 5.10 Å². The fourth-order valence-electron chi connectivity index (χ4n) is 2.56. The zero-order chi connectivity index (χ0) is 22.4. The molecule has 1 amide bonds. The minimum atomic E-state index is -0.625. The fraction of sp³-hybridized carbons (Fsp3) is 0.150. The van der Waals surface area contributed by atoms with Crippen LogP contribution in [0, 0.1) is 10.1 Å². The minimum Gasteiger partial charge on any atom is -0.493 e. The molecular weight excluding hydrogens is 410 g/mol. The van der Waals surface area contributed by atoms with Gasteiger partial charge in [-0.2, -0.15) is 5.10 Å². The van der Waals surface area contributed by atoms with E-state index in [9.17, 15) is 19.7 Å². The molecule has 0 aliphatic carbocycles. The van der Waals surface area contributed by atoms with Crippen molar-refractivity contribution >= 4 is 34.7 Å². The number of rotatable bonds is 8. The van der Waals surface area contributed by atoms with Crippen LogP contribution in [0.15, 0.2) is 52.0 Å². The largest absolute Gasteiger partial charge is 0.493 e. The number of fused-ring (bicyclic) bond motifs is 1. The Morgan fingerprint density at radius 3 is 2.68 bits per heavy atom. The smallest absolute Gasteiger partial charge is 0.343 e. The van der Waals surface area contributed by atoms with Gasteiger partial charge in [-0.05, 0) is 35.9 Å². The second-order valence-electron chi connectivity index (χ2n) is 6.06. The van der Waals surface area contributed by atoms with Gasteiger partial charge in [0.25, 0.3) is 5.69 Å². The van der Waals surface area contributed by atoms with E-state index in [1.165, 1.54) is 44.7 Å². The highest BCUT2D eigenvalue weighted by atomic mass is 16.6. The summed E-state index contributed by atoms with van der Waals surface area (Å²) in [5.74, 6) is -0.504. The van der Waals surface area contributed by atoms with Crippen LogP contribution in [0.4, 0.5) is 5.69 Å². The molecule has 0 radical (unpaired) electrons. The lowest BCUT2D eigenvalue weighted by molar-refractivity contribution is -0.384. The summed E-state index contributed by atoms with van der Waals surface area (Å²) in [6, 6.07) is 10.2. The zero-order valence-electron chi connectivity index (χ0n) is 16.5. The molecule has 0 aliphatic heterocycles. The molecule has 0 fully saturated rings. The van der Waals surface area contributed by atoms with Crippen LogP contribution in [0.5, 0.6) is 11.5 Å². The van der Waals surface area contributed by atoms with Gasteiger partial charge in [-0.15, -0.1) is 0 Å². The summed E-state index contributed by atoms with van der Waals surface area (Å²) in [7, 11) is 2.70. The summed E-state index contributed by atoms with van der Waals surface area (Å²) in [6.07, 6.45) is 1.37. The molecule has 0 aliphatic rings. The molecular formula is C20H17N3O8. The number of hydrogen-bond acceptors (Lipinski definition) is 9. The van der Waals surface area contributed by atoms with Crippen LogP contribution >= 0.6 is 0 Å². The number of methoxy groups -OCH3 is 2. The number of carbonyl (C=O) groups is 2. The summed E-state index contributed by atoms with van der Waals surface area (Å²) >= 11 is 0. The Balaban J connectivity index is 1.67. The highest BCUT2D eigenvalue weighted by Crippen LogP contribution is 2.27. The average molecular weight is 427 g/mol. The van der Waals surface area contributed by atoms with Crippen molar-refractivity contribution in [2.45, 2.75) is 0 Å². The van der Waals surface area contributed by atoms with Crippen LogP contribution in [-0.4, -0.2) is 43.8 Å². The monoisotopic (exact) mass is 427 g/mol. The second-order valence-corrected chi connectivity index (χ2v) is 6.06. The van der Waals surface area contributed by atoms with Crippen molar-refractivity contribution in [1.82, 2.24) is 5.43 Å². The molecule has 0 unspecified atom stereocenters.